The largest absolute Gasteiger partial charge is 0.487 e. The lowest BCUT2D eigenvalue weighted by Gasteiger charge is -2.10. The zero-order valence-corrected chi connectivity index (χ0v) is 11.3. The number of hydrogen-bond donors (Lipinski definition) is 0. The molecule has 1 fully saturated rings. The van der Waals surface area contributed by atoms with Crippen LogP contribution >= 0.6 is 0 Å². The third-order valence-corrected chi connectivity index (χ3v) is 3.62. The van der Waals surface area contributed by atoms with Gasteiger partial charge in [-0.05, 0) is 49.9 Å². The van der Waals surface area contributed by atoms with Gasteiger partial charge >= 0.3 is 6.18 Å². The van der Waals surface area contributed by atoms with Gasteiger partial charge in [0.1, 0.15) is 0 Å². The van der Waals surface area contributed by atoms with Gasteiger partial charge in [0.15, 0.2) is 5.75 Å². The molecule has 6 heteroatoms. The van der Waals surface area contributed by atoms with Crippen LogP contribution in [0, 0.1) is 0 Å². The summed E-state index contributed by atoms with van der Waals surface area (Å²) in [5.41, 5.74) is -0.0925. The highest BCUT2D eigenvalue weighted by Gasteiger charge is 2.30. The maximum absolute atomic E-state index is 12.5. The summed E-state index contributed by atoms with van der Waals surface area (Å²) >= 11 is 0. The lowest BCUT2D eigenvalue weighted by atomic mass is 10.2. The minimum absolute atomic E-state index is 0.232. The Hall–Kier alpha value is -1.98. The first kappa shape index (κ1) is 14.0. The van der Waals surface area contributed by atoms with Crippen LogP contribution in [0.2, 0.25) is 0 Å². The van der Waals surface area contributed by atoms with E-state index in [4.69, 9.17) is 4.74 Å². The molecule has 1 aliphatic rings. The lowest BCUT2D eigenvalue weighted by molar-refractivity contribution is -0.137. The summed E-state index contributed by atoms with van der Waals surface area (Å²) in [5, 5.41) is 4.13. The van der Waals surface area contributed by atoms with Crippen LogP contribution in [0.25, 0.3) is 5.69 Å². The van der Waals surface area contributed by atoms with Crippen molar-refractivity contribution in [2.75, 3.05) is 0 Å². The van der Waals surface area contributed by atoms with Crippen molar-refractivity contribution >= 4 is 0 Å². The average molecular weight is 296 g/mol. The molecule has 0 saturated heterocycles. The molecule has 0 radical (unpaired) electrons. The third kappa shape index (κ3) is 3.20. The van der Waals surface area contributed by atoms with Crippen LogP contribution < -0.4 is 4.74 Å². The van der Waals surface area contributed by atoms with Gasteiger partial charge in [-0.3, -0.25) is 0 Å². The van der Waals surface area contributed by atoms with Crippen LogP contribution in [0.5, 0.6) is 5.75 Å². The van der Waals surface area contributed by atoms with E-state index in [-0.39, 0.29) is 6.10 Å². The van der Waals surface area contributed by atoms with E-state index in [0.29, 0.717) is 11.4 Å². The summed E-state index contributed by atoms with van der Waals surface area (Å²) in [6, 6.07) is 4.90. The summed E-state index contributed by atoms with van der Waals surface area (Å²) in [6.45, 7) is 0. The number of alkyl halides is 3. The van der Waals surface area contributed by atoms with Crippen molar-refractivity contribution in [1.82, 2.24) is 9.78 Å². The zero-order valence-electron chi connectivity index (χ0n) is 11.3. The summed E-state index contributed by atoms with van der Waals surface area (Å²) in [6.07, 6.45) is 3.65. The second-order valence-electron chi connectivity index (χ2n) is 5.19. The number of rotatable bonds is 3. The van der Waals surface area contributed by atoms with Crippen LogP contribution in [-0.4, -0.2) is 15.9 Å². The van der Waals surface area contributed by atoms with Gasteiger partial charge in [-0.25, -0.2) is 4.68 Å². The van der Waals surface area contributed by atoms with Crippen molar-refractivity contribution in [2.45, 2.75) is 38.0 Å². The minimum atomic E-state index is -4.32. The Morgan fingerprint density at radius 2 is 1.76 bits per heavy atom. The Balaban J connectivity index is 1.73. The topological polar surface area (TPSA) is 27.1 Å². The van der Waals surface area contributed by atoms with Gasteiger partial charge in [0, 0.05) is 0 Å². The third-order valence-electron chi connectivity index (χ3n) is 3.62. The monoisotopic (exact) mass is 296 g/mol. The molecular weight excluding hydrogens is 281 g/mol. The Bertz CT molecular complexity index is 598. The molecule has 1 aromatic heterocycles. The predicted octanol–water partition coefficient (Wildman–Crippen LogP) is 4.21. The standard InChI is InChI=1S/C15H15F3N2O/c16-15(17,18)11-5-7-12(8-6-11)20-10-14(9-19-20)21-13-3-1-2-4-13/h5-10,13H,1-4H2. The highest BCUT2D eigenvalue weighted by molar-refractivity contribution is 5.36. The normalized spacial score (nSPS) is 16.3. The number of nitrogens with zero attached hydrogens (tertiary/aromatic N) is 2. The van der Waals surface area contributed by atoms with Crippen LogP contribution in [0.15, 0.2) is 36.7 Å². The Labute approximate surface area is 120 Å². The molecule has 3 nitrogen and oxygen atoms in total. The minimum Gasteiger partial charge on any atom is -0.487 e. The molecule has 1 saturated carbocycles. The highest BCUT2D eigenvalue weighted by Crippen LogP contribution is 2.30. The van der Waals surface area contributed by atoms with Crippen molar-refractivity contribution in [3.63, 3.8) is 0 Å². The summed E-state index contributed by atoms with van der Waals surface area (Å²) in [4.78, 5) is 0. The molecule has 0 amide bonds. The fourth-order valence-corrected chi connectivity index (χ4v) is 2.51. The number of hydrogen-bond acceptors (Lipinski definition) is 2. The second-order valence-corrected chi connectivity index (χ2v) is 5.19. The number of halogens is 3. The molecule has 112 valence electrons. The molecule has 0 aliphatic heterocycles. The van der Waals surface area contributed by atoms with Gasteiger partial charge in [-0.2, -0.15) is 18.3 Å². The van der Waals surface area contributed by atoms with E-state index in [9.17, 15) is 13.2 Å². The maximum atomic E-state index is 12.5. The molecule has 0 bridgehead atoms. The SMILES string of the molecule is FC(F)(F)c1ccc(-n2cc(OC3CCCC3)cn2)cc1. The van der Waals surface area contributed by atoms with Gasteiger partial charge in [0.05, 0.1) is 29.7 Å². The van der Waals surface area contributed by atoms with Crippen molar-refractivity contribution in [2.24, 2.45) is 0 Å². The predicted molar refractivity (Wildman–Crippen MR) is 71.5 cm³/mol. The van der Waals surface area contributed by atoms with Crippen LogP contribution in [0.1, 0.15) is 31.2 Å². The van der Waals surface area contributed by atoms with Gasteiger partial charge in [-0.15, -0.1) is 0 Å². The van der Waals surface area contributed by atoms with E-state index < -0.39 is 11.7 Å². The summed E-state index contributed by atoms with van der Waals surface area (Å²) < 4.78 is 44.8. The summed E-state index contributed by atoms with van der Waals surface area (Å²) in [7, 11) is 0. The molecule has 0 atom stereocenters. The van der Waals surface area contributed by atoms with Gasteiger partial charge in [-0.1, -0.05) is 0 Å². The molecule has 0 spiro atoms. The highest BCUT2D eigenvalue weighted by atomic mass is 19.4. The number of aromatic nitrogens is 2. The summed E-state index contributed by atoms with van der Waals surface area (Å²) in [5.74, 6) is 0.654. The van der Waals surface area contributed by atoms with Gasteiger partial charge in [0.2, 0.25) is 0 Å². The molecule has 1 aromatic carbocycles. The van der Waals surface area contributed by atoms with E-state index >= 15 is 0 Å². The molecule has 1 heterocycles. The molecule has 0 N–H and O–H groups in total. The van der Waals surface area contributed by atoms with Crippen LogP contribution in [0.4, 0.5) is 13.2 Å². The van der Waals surface area contributed by atoms with Crippen molar-refractivity contribution in [3.8, 4) is 11.4 Å². The fraction of sp³-hybridized carbons (Fsp3) is 0.400. The van der Waals surface area contributed by atoms with Crippen molar-refractivity contribution in [1.29, 1.82) is 0 Å². The first-order valence-corrected chi connectivity index (χ1v) is 6.91. The zero-order chi connectivity index (χ0) is 14.9. The smallest absolute Gasteiger partial charge is 0.416 e. The van der Waals surface area contributed by atoms with Crippen molar-refractivity contribution in [3.05, 3.63) is 42.2 Å². The fourth-order valence-electron chi connectivity index (χ4n) is 2.51. The quantitative estimate of drug-likeness (QED) is 0.848. The average Bonchev–Trinajstić information content (AvgIpc) is 3.10. The molecule has 1 aliphatic carbocycles. The Kier molecular flexibility index (Phi) is 3.61. The lowest BCUT2D eigenvalue weighted by Crippen LogP contribution is -2.10. The van der Waals surface area contributed by atoms with Crippen LogP contribution in [0.3, 0.4) is 0 Å². The van der Waals surface area contributed by atoms with Crippen molar-refractivity contribution < 1.29 is 17.9 Å². The van der Waals surface area contributed by atoms with E-state index in [1.165, 1.54) is 29.7 Å². The van der Waals surface area contributed by atoms with Gasteiger partial charge < -0.3 is 4.74 Å². The first-order valence-electron chi connectivity index (χ1n) is 6.91. The van der Waals surface area contributed by atoms with E-state index in [2.05, 4.69) is 5.10 Å². The molecule has 21 heavy (non-hydrogen) atoms. The van der Waals surface area contributed by atoms with E-state index in [0.717, 1.165) is 25.0 Å². The molecule has 3 rings (SSSR count). The molecule has 0 unspecified atom stereocenters. The maximum Gasteiger partial charge on any atom is 0.416 e. The Morgan fingerprint density at radius 3 is 2.38 bits per heavy atom. The molecular formula is C15H15F3N2O. The van der Waals surface area contributed by atoms with Gasteiger partial charge in [0.25, 0.3) is 0 Å². The number of benzene rings is 1. The number of ether oxygens (including phenoxy) is 1. The second kappa shape index (κ2) is 5.42. The first-order chi connectivity index (χ1) is 10.0. The van der Waals surface area contributed by atoms with E-state index in [1.54, 1.807) is 12.4 Å². The van der Waals surface area contributed by atoms with Crippen LogP contribution in [-0.2, 0) is 6.18 Å². The Morgan fingerprint density at radius 1 is 1.10 bits per heavy atom. The molecule has 2 aromatic rings. The van der Waals surface area contributed by atoms with E-state index in [1.807, 2.05) is 0 Å².